The molecule has 0 saturated heterocycles. The van der Waals surface area contributed by atoms with Crippen LogP contribution in [0, 0.1) is 5.82 Å². The highest BCUT2D eigenvalue weighted by molar-refractivity contribution is 5.87. The van der Waals surface area contributed by atoms with Gasteiger partial charge in [-0.1, -0.05) is 12.1 Å². The van der Waals surface area contributed by atoms with Crippen LogP contribution in [0.2, 0.25) is 0 Å². The fourth-order valence-electron chi connectivity index (χ4n) is 2.79. The summed E-state index contributed by atoms with van der Waals surface area (Å²) in [6, 6.07) is 6.18. The molecule has 2 heterocycles. The first-order valence-corrected chi connectivity index (χ1v) is 7.85. The third-order valence-electron chi connectivity index (χ3n) is 4.01. The number of amides is 1. The fraction of sp³-hybridized carbons (Fsp3) is 0.294. The summed E-state index contributed by atoms with van der Waals surface area (Å²) in [4.78, 5) is 33.4. The summed E-state index contributed by atoms with van der Waals surface area (Å²) in [5, 5.41) is 22.5. The Balaban J connectivity index is 0.000000758. The summed E-state index contributed by atoms with van der Waals surface area (Å²) in [6.45, 7) is 0.520. The van der Waals surface area contributed by atoms with Gasteiger partial charge in [0.05, 0.1) is 0 Å². The smallest absolute Gasteiger partial charge is 0.356 e. The summed E-state index contributed by atoms with van der Waals surface area (Å²) in [7, 11) is 0. The Labute approximate surface area is 148 Å². The zero-order chi connectivity index (χ0) is 19.1. The average Bonchev–Trinajstić information content (AvgIpc) is 3.04. The summed E-state index contributed by atoms with van der Waals surface area (Å²) in [5.41, 5.74) is 2.09. The molecule has 0 fully saturated rings. The van der Waals surface area contributed by atoms with E-state index < -0.39 is 5.97 Å². The second-order valence-corrected chi connectivity index (χ2v) is 5.64. The maximum Gasteiger partial charge on any atom is 0.356 e. The summed E-state index contributed by atoms with van der Waals surface area (Å²) < 4.78 is 13.1. The molecule has 1 aliphatic rings. The molecule has 3 N–H and O–H groups in total. The SMILES string of the molecule is O=C(O)c1n[nH]c2c1CN(C(=O)CCc1cccc(F)c1)CC2.O=CO. The number of carboxylic acid groups (broad SMARTS) is 2. The monoisotopic (exact) mass is 363 g/mol. The molecule has 0 atom stereocenters. The minimum absolute atomic E-state index is 0.0253. The molecule has 0 saturated carbocycles. The molecule has 8 nitrogen and oxygen atoms in total. The molecule has 2 aromatic rings. The number of carboxylic acids is 1. The van der Waals surface area contributed by atoms with Crippen molar-refractivity contribution in [3.05, 3.63) is 52.6 Å². The third-order valence-corrected chi connectivity index (χ3v) is 4.01. The van der Waals surface area contributed by atoms with Crippen molar-refractivity contribution in [3.63, 3.8) is 0 Å². The van der Waals surface area contributed by atoms with Gasteiger partial charge >= 0.3 is 5.97 Å². The van der Waals surface area contributed by atoms with Crippen molar-refractivity contribution < 1.29 is 29.0 Å². The Morgan fingerprint density at radius 3 is 2.77 bits per heavy atom. The molecule has 0 aliphatic carbocycles. The second kappa shape index (κ2) is 8.75. The van der Waals surface area contributed by atoms with Gasteiger partial charge in [0.1, 0.15) is 5.82 Å². The minimum Gasteiger partial charge on any atom is -0.483 e. The van der Waals surface area contributed by atoms with Gasteiger partial charge in [0.15, 0.2) is 5.69 Å². The van der Waals surface area contributed by atoms with Crippen molar-refractivity contribution in [2.45, 2.75) is 25.8 Å². The van der Waals surface area contributed by atoms with E-state index in [1.807, 2.05) is 0 Å². The van der Waals surface area contributed by atoms with Gasteiger partial charge in [0, 0.05) is 37.2 Å². The van der Waals surface area contributed by atoms with E-state index in [-0.39, 0.29) is 36.9 Å². The van der Waals surface area contributed by atoms with Gasteiger partial charge < -0.3 is 15.1 Å². The molecule has 0 spiro atoms. The first-order valence-electron chi connectivity index (χ1n) is 7.85. The topological polar surface area (TPSA) is 124 Å². The lowest BCUT2D eigenvalue weighted by Gasteiger charge is -2.27. The van der Waals surface area contributed by atoms with Gasteiger partial charge in [-0.05, 0) is 24.1 Å². The predicted octanol–water partition coefficient (Wildman–Crippen LogP) is 1.47. The van der Waals surface area contributed by atoms with E-state index in [4.69, 9.17) is 15.0 Å². The molecule has 26 heavy (non-hydrogen) atoms. The molecule has 1 aromatic heterocycles. The van der Waals surface area contributed by atoms with Gasteiger partial charge in [0.2, 0.25) is 5.91 Å². The van der Waals surface area contributed by atoms with Crippen molar-refractivity contribution in [1.29, 1.82) is 0 Å². The zero-order valence-electron chi connectivity index (χ0n) is 13.8. The number of rotatable bonds is 4. The van der Waals surface area contributed by atoms with Gasteiger partial charge in [-0.3, -0.25) is 14.7 Å². The molecule has 1 aromatic carbocycles. The molecule has 1 amide bonds. The molecular formula is C17H18FN3O5. The number of benzene rings is 1. The van der Waals surface area contributed by atoms with Crippen LogP contribution in [0.25, 0.3) is 0 Å². The highest BCUT2D eigenvalue weighted by atomic mass is 19.1. The number of carbonyl (C=O) groups is 3. The minimum atomic E-state index is -1.10. The number of hydrogen-bond acceptors (Lipinski definition) is 4. The number of nitrogens with zero attached hydrogens (tertiary/aromatic N) is 2. The van der Waals surface area contributed by atoms with Crippen LogP contribution in [-0.2, 0) is 29.0 Å². The van der Waals surface area contributed by atoms with E-state index in [9.17, 15) is 14.0 Å². The number of halogens is 1. The zero-order valence-corrected chi connectivity index (χ0v) is 13.8. The van der Waals surface area contributed by atoms with Crippen molar-refractivity contribution in [3.8, 4) is 0 Å². The third kappa shape index (κ3) is 4.65. The maximum atomic E-state index is 13.1. The van der Waals surface area contributed by atoms with E-state index in [0.717, 1.165) is 11.3 Å². The van der Waals surface area contributed by atoms with Crippen LogP contribution in [0.15, 0.2) is 24.3 Å². The van der Waals surface area contributed by atoms with Crippen LogP contribution in [0.3, 0.4) is 0 Å². The van der Waals surface area contributed by atoms with Crippen molar-refractivity contribution in [2.24, 2.45) is 0 Å². The molecule has 0 radical (unpaired) electrons. The predicted molar refractivity (Wildman–Crippen MR) is 88.1 cm³/mol. The molecule has 3 rings (SSSR count). The number of aromatic carboxylic acids is 1. The highest BCUT2D eigenvalue weighted by Gasteiger charge is 2.27. The van der Waals surface area contributed by atoms with E-state index in [1.165, 1.54) is 12.1 Å². The van der Waals surface area contributed by atoms with E-state index >= 15 is 0 Å². The molecular weight excluding hydrogens is 345 g/mol. The molecule has 9 heteroatoms. The van der Waals surface area contributed by atoms with Crippen LogP contribution in [0.4, 0.5) is 4.39 Å². The fourth-order valence-corrected chi connectivity index (χ4v) is 2.79. The number of nitrogens with one attached hydrogen (secondary N) is 1. The number of aromatic amines is 1. The van der Waals surface area contributed by atoms with Gasteiger partial charge in [-0.25, -0.2) is 9.18 Å². The van der Waals surface area contributed by atoms with E-state index in [1.54, 1.807) is 17.0 Å². The Bertz CT molecular complexity index is 805. The van der Waals surface area contributed by atoms with E-state index in [2.05, 4.69) is 10.2 Å². The average molecular weight is 363 g/mol. The number of H-pyrrole nitrogens is 1. The van der Waals surface area contributed by atoms with Crippen molar-refractivity contribution >= 4 is 18.3 Å². The Hall–Kier alpha value is -3.23. The first kappa shape index (κ1) is 19.1. The van der Waals surface area contributed by atoms with Gasteiger partial charge in [-0.2, -0.15) is 5.10 Å². The van der Waals surface area contributed by atoms with Crippen molar-refractivity contribution in [1.82, 2.24) is 15.1 Å². The normalized spacial score (nSPS) is 12.6. The number of carbonyl (C=O) groups excluding carboxylic acids is 1. The number of fused-ring (bicyclic) bond motifs is 1. The standard InChI is InChI=1S/C16H16FN3O3.CH2O2/c17-11-3-1-2-10(8-11)4-5-14(21)20-7-6-13-12(9-20)15(16(22)23)19-18-13;2-1-3/h1-3,8H,4-7,9H2,(H,18,19)(H,22,23);1H,(H,2,3). The quantitative estimate of drug-likeness (QED) is 0.707. The molecule has 0 unspecified atom stereocenters. The summed E-state index contributed by atoms with van der Waals surface area (Å²) in [6.07, 6.45) is 1.28. The molecule has 138 valence electrons. The van der Waals surface area contributed by atoms with Gasteiger partial charge in [-0.15, -0.1) is 0 Å². The lowest BCUT2D eigenvalue weighted by Crippen LogP contribution is -2.36. The Kier molecular flexibility index (Phi) is 6.42. The van der Waals surface area contributed by atoms with Crippen LogP contribution >= 0.6 is 0 Å². The summed E-state index contributed by atoms with van der Waals surface area (Å²) >= 11 is 0. The molecule has 1 aliphatic heterocycles. The first-order chi connectivity index (χ1) is 12.5. The van der Waals surface area contributed by atoms with Crippen molar-refractivity contribution in [2.75, 3.05) is 6.54 Å². The number of hydrogen-bond donors (Lipinski definition) is 3. The Morgan fingerprint density at radius 1 is 1.38 bits per heavy atom. The number of aryl methyl sites for hydroxylation is 1. The second-order valence-electron chi connectivity index (χ2n) is 5.64. The summed E-state index contributed by atoms with van der Waals surface area (Å²) in [5.74, 6) is -1.49. The lowest BCUT2D eigenvalue weighted by molar-refractivity contribution is -0.132. The maximum absolute atomic E-state index is 13.1. The lowest BCUT2D eigenvalue weighted by atomic mass is 10.0. The van der Waals surface area contributed by atoms with E-state index in [0.29, 0.717) is 24.9 Å². The van der Waals surface area contributed by atoms with Crippen LogP contribution in [0.5, 0.6) is 0 Å². The van der Waals surface area contributed by atoms with Crippen LogP contribution < -0.4 is 0 Å². The van der Waals surface area contributed by atoms with Crippen LogP contribution in [0.1, 0.15) is 33.7 Å². The van der Waals surface area contributed by atoms with Crippen LogP contribution in [-0.4, -0.2) is 50.2 Å². The largest absolute Gasteiger partial charge is 0.483 e. The highest BCUT2D eigenvalue weighted by Crippen LogP contribution is 2.21. The Morgan fingerprint density at radius 2 is 2.12 bits per heavy atom. The number of aromatic nitrogens is 2. The molecule has 0 bridgehead atoms. The van der Waals surface area contributed by atoms with Gasteiger partial charge in [0.25, 0.3) is 6.47 Å².